The van der Waals surface area contributed by atoms with E-state index in [9.17, 15) is 0 Å². The van der Waals surface area contributed by atoms with Crippen LogP contribution in [-0.2, 0) is 0 Å². The first-order valence-electron chi connectivity index (χ1n) is 5.67. The Labute approximate surface area is 110 Å². The predicted octanol–water partition coefficient (Wildman–Crippen LogP) is 4.23. The van der Waals surface area contributed by atoms with Crippen molar-refractivity contribution in [3.05, 3.63) is 66.7 Å². The lowest BCUT2D eigenvalue weighted by Crippen LogP contribution is -1.83. The molecule has 2 nitrogen and oxygen atoms in total. The lowest BCUT2D eigenvalue weighted by molar-refractivity contribution is 1.14. The first-order chi connectivity index (χ1) is 8.83. The first-order valence-corrected chi connectivity index (χ1v) is 6.05. The van der Waals surface area contributed by atoms with E-state index in [4.69, 9.17) is 11.6 Å². The predicted molar refractivity (Wildman–Crippen MR) is 76.2 cm³/mol. The summed E-state index contributed by atoms with van der Waals surface area (Å²) in [6.45, 7) is 0. The summed E-state index contributed by atoms with van der Waals surface area (Å²) >= 11 is 6.31. The maximum atomic E-state index is 6.31. The van der Waals surface area contributed by atoms with Gasteiger partial charge < -0.3 is 4.57 Å². The van der Waals surface area contributed by atoms with Crippen molar-refractivity contribution in [2.75, 3.05) is 0 Å². The Morgan fingerprint density at radius 3 is 2.72 bits per heavy atom. The summed E-state index contributed by atoms with van der Waals surface area (Å²) in [5.41, 5.74) is 1.00. The fourth-order valence-electron chi connectivity index (χ4n) is 1.89. The Balaban J connectivity index is 2.04. The van der Waals surface area contributed by atoms with Crippen molar-refractivity contribution in [1.82, 2.24) is 9.55 Å². The van der Waals surface area contributed by atoms with Gasteiger partial charge in [-0.1, -0.05) is 48.0 Å². The number of hydrogen-bond acceptors (Lipinski definition) is 1. The van der Waals surface area contributed by atoms with Crippen molar-refractivity contribution in [3.63, 3.8) is 0 Å². The van der Waals surface area contributed by atoms with Crippen LogP contribution in [0.3, 0.4) is 0 Å². The number of benzene rings is 2. The summed E-state index contributed by atoms with van der Waals surface area (Å²) in [5, 5.41) is 3.10. The van der Waals surface area contributed by atoms with Crippen molar-refractivity contribution in [2.24, 2.45) is 0 Å². The fourth-order valence-corrected chi connectivity index (χ4v) is 2.12. The lowest BCUT2D eigenvalue weighted by atomic mass is 10.1. The highest BCUT2D eigenvalue weighted by Crippen LogP contribution is 2.24. The third-order valence-corrected chi connectivity index (χ3v) is 3.13. The van der Waals surface area contributed by atoms with Gasteiger partial charge in [0.15, 0.2) is 0 Å². The van der Waals surface area contributed by atoms with E-state index in [1.165, 1.54) is 10.8 Å². The molecular formula is C15H11ClN2. The minimum absolute atomic E-state index is 0.693. The zero-order valence-corrected chi connectivity index (χ0v) is 10.4. The van der Waals surface area contributed by atoms with Crippen LogP contribution in [0.5, 0.6) is 0 Å². The first kappa shape index (κ1) is 11.1. The molecule has 0 radical (unpaired) electrons. The second-order valence-corrected chi connectivity index (χ2v) is 4.46. The highest BCUT2D eigenvalue weighted by molar-refractivity contribution is 6.50. The van der Waals surface area contributed by atoms with Crippen molar-refractivity contribution in [3.8, 4) is 0 Å². The van der Waals surface area contributed by atoms with E-state index in [2.05, 4.69) is 29.2 Å². The van der Waals surface area contributed by atoms with Crippen LogP contribution >= 0.6 is 11.6 Å². The van der Waals surface area contributed by atoms with Crippen molar-refractivity contribution >= 4 is 33.6 Å². The molecule has 2 aromatic carbocycles. The molecule has 3 aromatic rings. The van der Waals surface area contributed by atoms with Gasteiger partial charge in [-0.15, -0.1) is 0 Å². The zero-order chi connectivity index (χ0) is 12.4. The number of rotatable bonds is 2. The van der Waals surface area contributed by atoms with Crippen LogP contribution in [0, 0.1) is 0 Å². The summed E-state index contributed by atoms with van der Waals surface area (Å²) < 4.78 is 1.83. The van der Waals surface area contributed by atoms with Gasteiger partial charge in [0.05, 0.1) is 11.4 Å². The molecule has 0 amide bonds. The van der Waals surface area contributed by atoms with Crippen LogP contribution in [0.1, 0.15) is 5.56 Å². The number of nitrogens with zero attached hydrogens (tertiary/aromatic N) is 2. The maximum Gasteiger partial charge on any atom is 0.0987 e. The summed E-state index contributed by atoms with van der Waals surface area (Å²) in [6, 6.07) is 14.4. The molecule has 0 fully saturated rings. The van der Waals surface area contributed by atoms with Gasteiger partial charge >= 0.3 is 0 Å². The quantitative estimate of drug-likeness (QED) is 0.669. The highest BCUT2D eigenvalue weighted by Gasteiger charge is 2.00. The third-order valence-electron chi connectivity index (χ3n) is 2.81. The normalized spacial score (nSPS) is 11.9. The molecule has 0 saturated carbocycles. The third kappa shape index (κ3) is 2.15. The van der Waals surface area contributed by atoms with Crippen molar-refractivity contribution in [1.29, 1.82) is 0 Å². The number of halogens is 1. The van der Waals surface area contributed by atoms with Crippen LogP contribution < -0.4 is 0 Å². The van der Waals surface area contributed by atoms with E-state index >= 15 is 0 Å². The average Bonchev–Trinajstić information content (AvgIpc) is 2.91. The van der Waals surface area contributed by atoms with Crippen LogP contribution in [-0.4, -0.2) is 9.55 Å². The molecule has 0 N–H and O–H groups in total. The molecule has 0 aliphatic carbocycles. The van der Waals surface area contributed by atoms with Crippen LogP contribution in [0.15, 0.2) is 61.2 Å². The lowest BCUT2D eigenvalue weighted by Gasteiger charge is -2.03. The van der Waals surface area contributed by atoms with Crippen LogP contribution in [0.2, 0.25) is 0 Å². The topological polar surface area (TPSA) is 17.8 Å². The Kier molecular flexibility index (Phi) is 2.87. The zero-order valence-electron chi connectivity index (χ0n) is 9.62. The largest absolute Gasteiger partial charge is 0.312 e. The van der Waals surface area contributed by atoms with E-state index in [1.54, 1.807) is 12.5 Å². The number of aromatic nitrogens is 2. The van der Waals surface area contributed by atoms with Gasteiger partial charge in [0.2, 0.25) is 0 Å². The minimum Gasteiger partial charge on any atom is -0.312 e. The molecule has 0 spiro atoms. The fraction of sp³-hybridized carbons (Fsp3) is 0. The Morgan fingerprint density at radius 2 is 1.94 bits per heavy atom. The van der Waals surface area contributed by atoms with Crippen LogP contribution in [0.25, 0.3) is 22.0 Å². The summed E-state index contributed by atoms with van der Waals surface area (Å²) in [5.74, 6) is 0. The second kappa shape index (κ2) is 4.67. The smallest absolute Gasteiger partial charge is 0.0987 e. The number of hydrogen-bond donors (Lipinski definition) is 0. The molecule has 88 valence electrons. The second-order valence-electron chi connectivity index (χ2n) is 4.05. The Hall–Kier alpha value is -2.06. The molecule has 3 heteroatoms. The molecule has 0 aliphatic rings. The molecule has 0 atom stereocenters. The molecule has 1 heterocycles. The molecular weight excluding hydrogens is 244 g/mol. The molecule has 0 aliphatic heterocycles. The molecule has 0 saturated heterocycles. The van der Waals surface area contributed by atoms with E-state index in [0.29, 0.717) is 5.03 Å². The van der Waals surface area contributed by atoms with Crippen molar-refractivity contribution < 1.29 is 0 Å². The average molecular weight is 255 g/mol. The standard InChI is InChI=1S/C15H11ClN2/c16-15(10-18-8-7-17-11-18)14-6-5-12-3-1-2-4-13(12)9-14/h1-11H/b15-10+. The summed E-state index contributed by atoms with van der Waals surface area (Å²) in [7, 11) is 0. The summed E-state index contributed by atoms with van der Waals surface area (Å²) in [6.07, 6.45) is 7.13. The monoisotopic (exact) mass is 254 g/mol. The minimum atomic E-state index is 0.693. The van der Waals surface area contributed by atoms with Gasteiger partial charge in [-0.3, -0.25) is 0 Å². The van der Waals surface area contributed by atoms with Gasteiger partial charge in [0.1, 0.15) is 0 Å². The van der Waals surface area contributed by atoms with E-state index < -0.39 is 0 Å². The summed E-state index contributed by atoms with van der Waals surface area (Å²) in [4.78, 5) is 3.98. The van der Waals surface area contributed by atoms with E-state index in [0.717, 1.165) is 5.56 Å². The van der Waals surface area contributed by atoms with E-state index in [-0.39, 0.29) is 0 Å². The molecule has 18 heavy (non-hydrogen) atoms. The van der Waals surface area contributed by atoms with Gasteiger partial charge in [-0.25, -0.2) is 4.98 Å². The van der Waals surface area contributed by atoms with E-state index in [1.807, 2.05) is 35.2 Å². The van der Waals surface area contributed by atoms with Gasteiger partial charge in [0.25, 0.3) is 0 Å². The molecule has 1 aromatic heterocycles. The maximum absolute atomic E-state index is 6.31. The molecule has 0 unspecified atom stereocenters. The number of imidazole rings is 1. The van der Waals surface area contributed by atoms with Crippen LogP contribution in [0.4, 0.5) is 0 Å². The molecule has 0 bridgehead atoms. The van der Waals surface area contributed by atoms with Gasteiger partial charge in [0, 0.05) is 18.6 Å². The SMILES string of the molecule is Cl/C(=C/n1ccnc1)c1ccc2ccccc2c1. The van der Waals surface area contributed by atoms with Crippen molar-refractivity contribution in [2.45, 2.75) is 0 Å². The Morgan fingerprint density at radius 1 is 1.11 bits per heavy atom. The highest BCUT2D eigenvalue weighted by atomic mass is 35.5. The van der Waals surface area contributed by atoms with Gasteiger partial charge in [-0.05, 0) is 22.4 Å². The Bertz CT molecular complexity index is 699. The van der Waals surface area contributed by atoms with Gasteiger partial charge in [-0.2, -0.15) is 0 Å². The number of fused-ring (bicyclic) bond motifs is 1. The molecule has 3 rings (SSSR count).